The van der Waals surface area contributed by atoms with E-state index in [0.717, 1.165) is 22.2 Å². The molecule has 0 fully saturated rings. The molecule has 7 nitrogen and oxygen atoms in total. The lowest BCUT2D eigenvalue weighted by Crippen LogP contribution is -2.35. The van der Waals surface area contributed by atoms with Crippen molar-refractivity contribution >= 4 is 28.9 Å². The zero-order valence-corrected chi connectivity index (χ0v) is 15.1. The molecule has 0 unspecified atom stereocenters. The highest BCUT2D eigenvalue weighted by molar-refractivity contribution is 6.01. The third-order valence-corrected chi connectivity index (χ3v) is 4.09. The van der Waals surface area contributed by atoms with E-state index in [0.29, 0.717) is 11.3 Å². The smallest absolute Gasteiger partial charge is 0.259 e. The van der Waals surface area contributed by atoms with Crippen LogP contribution in [-0.2, 0) is 4.79 Å². The van der Waals surface area contributed by atoms with Crippen LogP contribution in [0.25, 0.3) is 10.9 Å². The number of carbonyl (C=O) groups is 2. The molecule has 27 heavy (non-hydrogen) atoms. The Bertz CT molecular complexity index is 1010. The molecule has 0 aliphatic rings. The van der Waals surface area contributed by atoms with E-state index in [1.807, 2.05) is 31.2 Å². The molecule has 1 heterocycles. The standard InChI is InChI=1S/C20H20N4O3/c1-13-16(14-7-3-5-9-17(14)23-13)11-22-24-19(25)12-21-20(26)15-8-4-6-10-18(15)27-2/h3-11,23H,12H2,1-2H3,(H,21,26)(H,24,25)/b22-11-. The number of aromatic nitrogens is 1. The molecule has 0 radical (unpaired) electrons. The topological polar surface area (TPSA) is 95.6 Å². The van der Waals surface area contributed by atoms with Gasteiger partial charge < -0.3 is 15.0 Å². The lowest BCUT2D eigenvalue weighted by Gasteiger charge is -2.08. The number of hydrogen-bond donors (Lipinski definition) is 3. The van der Waals surface area contributed by atoms with Gasteiger partial charge in [-0.05, 0) is 25.1 Å². The predicted octanol–water partition coefficient (Wildman–Crippen LogP) is 2.37. The first-order chi connectivity index (χ1) is 13.1. The maximum Gasteiger partial charge on any atom is 0.259 e. The van der Waals surface area contributed by atoms with Crippen LogP contribution in [0.15, 0.2) is 53.6 Å². The molecule has 0 aliphatic heterocycles. The average Bonchev–Trinajstić information content (AvgIpc) is 3.01. The highest BCUT2D eigenvalue weighted by atomic mass is 16.5. The number of nitrogens with one attached hydrogen (secondary N) is 3. The number of amides is 2. The van der Waals surface area contributed by atoms with Gasteiger partial charge in [0.25, 0.3) is 11.8 Å². The molecule has 7 heteroatoms. The van der Waals surface area contributed by atoms with Gasteiger partial charge in [0.15, 0.2) is 0 Å². The average molecular weight is 364 g/mol. The summed E-state index contributed by atoms with van der Waals surface area (Å²) in [5.74, 6) is -0.366. The van der Waals surface area contributed by atoms with E-state index in [9.17, 15) is 9.59 Å². The van der Waals surface area contributed by atoms with Crippen LogP contribution in [0.3, 0.4) is 0 Å². The number of ether oxygens (including phenoxy) is 1. The SMILES string of the molecule is COc1ccccc1C(=O)NCC(=O)N/N=C\c1c(C)[nH]c2ccccc12. The Hall–Kier alpha value is -3.61. The molecule has 0 atom stereocenters. The molecule has 0 aliphatic carbocycles. The van der Waals surface area contributed by atoms with Crippen LogP contribution in [0.5, 0.6) is 5.75 Å². The molecule has 2 amide bonds. The van der Waals surface area contributed by atoms with Crippen LogP contribution in [0, 0.1) is 6.92 Å². The molecule has 1 aromatic heterocycles. The second-order valence-corrected chi connectivity index (χ2v) is 5.89. The molecular weight excluding hydrogens is 344 g/mol. The minimum atomic E-state index is -0.424. The van der Waals surface area contributed by atoms with Crippen molar-refractivity contribution in [2.24, 2.45) is 5.10 Å². The highest BCUT2D eigenvalue weighted by Crippen LogP contribution is 2.19. The van der Waals surface area contributed by atoms with Gasteiger partial charge in [-0.2, -0.15) is 5.10 Å². The Morgan fingerprint density at radius 3 is 2.70 bits per heavy atom. The number of aromatic amines is 1. The molecule has 3 rings (SSSR count). The van der Waals surface area contributed by atoms with Gasteiger partial charge in [-0.25, -0.2) is 5.43 Å². The van der Waals surface area contributed by atoms with Gasteiger partial charge in [-0.1, -0.05) is 30.3 Å². The normalized spacial score (nSPS) is 10.9. The van der Waals surface area contributed by atoms with Gasteiger partial charge in [-0.3, -0.25) is 9.59 Å². The number of fused-ring (bicyclic) bond motifs is 1. The van der Waals surface area contributed by atoms with Crippen molar-refractivity contribution in [2.75, 3.05) is 13.7 Å². The number of para-hydroxylation sites is 2. The number of hydrogen-bond acceptors (Lipinski definition) is 4. The number of carbonyl (C=O) groups excluding carboxylic acids is 2. The van der Waals surface area contributed by atoms with Crippen LogP contribution in [-0.4, -0.2) is 36.7 Å². The molecule has 3 aromatic rings. The molecule has 138 valence electrons. The van der Waals surface area contributed by atoms with Gasteiger partial charge in [-0.15, -0.1) is 0 Å². The van der Waals surface area contributed by atoms with E-state index in [4.69, 9.17) is 4.74 Å². The summed E-state index contributed by atoms with van der Waals surface area (Å²) in [6, 6.07) is 14.7. The number of hydrazone groups is 1. The third kappa shape index (κ3) is 4.14. The Morgan fingerprint density at radius 1 is 1.15 bits per heavy atom. The zero-order chi connectivity index (χ0) is 19.2. The van der Waals surface area contributed by atoms with Crippen molar-refractivity contribution in [3.05, 3.63) is 65.4 Å². The molecule has 0 bridgehead atoms. The first-order valence-corrected chi connectivity index (χ1v) is 8.40. The Labute approximate surface area is 156 Å². The van der Waals surface area contributed by atoms with Crippen LogP contribution in [0.4, 0.5) is 0 Å². The molecule has 3 N–H and O–H groups in total. The monoisotopic (exact) mass is 364 g/mol. The van der Waals surface area contributed by atoms with Crippen LogP contribution in [0.1, 0.15) is 21.6 Å². The van der Waals surface area contributed by atoms with Crippen LogP contribution < -0.4 is 15.5 Å². The van der Waals surface area contributed by atoms with E-state index in [1.165, 1.54) is 7.11 Å². The van der Waals surface area contributed by atoms with Crippen molar-refractivity contribution < 1.29 is 14.3 Å². The van der Waals surface area contributed by atoms with E-state index in [-0.39, 0.29) is 12.5 Å². The number of benzene rings is 2. The van der Waals surface area contributed by atoms with Crippen molar-refractivity contribution in [1.29, 1.82) is 0 Å². The number of H-pyrrole nitrogens is 1. The van der Waals surface area contributed by atoms with E-state index in [1.54, 1.807) is 30.5 Å². The molecular formula is C20H20N4O3. The second-order valence-electron chi connectivity index (χ2n) is 5.89. The van der Waals surface area contributed by atoms with Gasteiger partial charge in [0.1, 0.15) is 5.75 Å². The van der Waals surface area contributed by atoms with Crippen molar-refractivity contribution in [1.82, 2.24) is 15.7 Å². The fourth-order valence-corrected chi connectivity index (χ4v) is 2.76. The third-order valence-electron chi connectivity index (χ3n) is 4.09. The predicted molar refractivity (Wildman–Crippen MR) is 104 cm³/mol. The van der Waals surface area contributed by atoms with Gasteiger partial charge >= 0.3 is 0 Å². The quantitative estimate of drug-likeness (QED) is 0.463. The number of methoxy groups -OCH3 is 1. The summed E-state index contributed by atoms with van der Waals surface area (Å²) >= 11 is 0. The summed E-state index contributed by atoms with van der Waals surface area (Å²) in [5.41, 5.74) is 5.66. The fourth-order valence-electron chi connectivity index (χ4n) is 2.76. The maximum atomic E-state index is 12.2. The van der Waals surface area contributed by atoms with Crippen LogP contribution in [0.2, 0.25) is 0 Å². The molecule has 0 saturated heterocycles. The minimum absolute atomic E-state index is 0.193. The summed E-state index contributed by atoms with van der Waals surface area (Å²) in [4.78, 5) is 27.4. The number of aryl methyl sites for hydroxylation is 1. The largest absolute Gasteiger partial charge is 0.496 e. The summed E-state index contributed by atoms with van der Waals surface area (Å²) in [6.45, 7) is 1.75. The lowest BCUT2D eigenvalue weighted by molar-refractivity contribution is -0.120. The minimum Gasteiger partial charge on any atom is -0.496 e. The van der Waals surface area contributed by atoms with Crippen molar-refractivity contribution in [3.63, 3.8) is 0 Å². The molecule has 0 saturated carbocycles. The van der Waals surface area contributed by atoms with Crippen molar-refractivity contribution in [2.45, 2.75) is 6.92 Å². The summed E-state index contributed by atoms with van der Waals surface area (Å²) < 4.78 is 5.14. The number of nitrogens with zero attached hydrogens (tertiary/aromatic N) is 1. The fraction of sp³-hybridized carbons (Fsp3) is 0.150. The first-order valence-electron chi connectivity index (χ1n) is 8.40. The summed E-state index contributed by atoms with van der Waals surface area (Å²) in [6.07, 6.45) is 1.59. The van der Waals surface area contributed by atoms with E-state index < -0.39 is 5.91 Å². The number of rotatable bonds is 6. The van der Waals surface area contributed by atoms with Crippen LogP contribution >= 0.6 is 0 Å². The summed E-state index contributed by atoms with van der Waals surface area (Å²) in [7, 11) is 1.49. The highest BCUT2D eigenvalue weighted by Gasteiger charge is 2.12. The lowest BCUT2D eigenvalue weighted by atomic mass is 10.1. The van der Waals surface area contributed by atoms with E-state index >= 15 is 0 Å². The summed E-state index contributed by atoms with van der Waals surface area (Å²) in [5, 5.41) is 7.56. The Balaban J connectivity index is 1.57. The Kier molecular flexibility index (Phi) is 5.51. The zero-order valence-electron chi connectivity index (χ0n) is 15.1. The van der Waals surface area contributed by atoms with Crippen molar-refractivity contribution in [3.8, 4) is 5.75 Å². The van der Waals surface area contributed by atoms with E-state index in [2.05, 4.69) is 20.8 Å². The van der Waals surface area contributed by atoms with Gasteiger partial charge in [0.2, 0.25) is 0 Å². The molecule has 2 aromatic carbocycles. The van der Waals surface area contributed by atoms with Gasteiger partial charge in [0, 0.05) is 22.2 Å². The van der Waals surface area contributed by atoms with Gasteiger partial charge in [0.05, 0.1) is 25.4 Å². The first kappa shape index (κ1) is 18.2. The Morgan fingerprint density at radius 2 is 1.89 bits per heavy atom. The molecule has 0 spiro atoms. The second kappa shape index (κ2) is 8.18. The maximum absolute atomic E-state index is 12.2.